The molecular weight excluding hydrogens is 374 g/mol. The van der Waals surface area contributed by atoms with Gasteiger partial charge in [0.1, 0.15) is 0 Å². The fourth-order valence-electron chi connectivity index (χ4n) is 3.31. The maximum Gasteiger partial charge on any atom is 0.337 e. The van der Waals surface area contributed by atoms with Gasteiger partial charge in [0, 0.05) is 18.8 Å². The van der Waals surface area contributed by atoms with E-state index >= 15 is 0 Å². The number of nitrogens with one attached hydrogen (secondary N) is 2. The summed E-state index contributed by atoms with van der Waals surface area (Å²) in [7, 11) is 3.53. The Hall–Kier alpha value is -2.74. The van der Waals surface area contributed by atoms with Crippen molar-refractivity contribution in [2.45, 2.75) is 39.8 Å². The van der Waals surface area contributed by atoms with Gasteiger partial charge < -0.3 is 24.8 Å². The summed E-state index contributed by atoms with van der Waals surface area (Å²) in [6.45, 7) is 7.44. The van der Waals surface area contributed by atoms with Gasteiger partial charge in [-0.2, -0.15) is 0 Å². The molecule has 1 heterocycles. The van der Waals surface area contributed by atoms with Crippen LogP contribution in [0.4, 0.5) is 4.79 Å². The number of amides is 2. The lowest BCUT2D eigenvalue weighted by Crippen LogP contribution is -2.51. The third-order valence-electron chi connectivity index (χ3n) is 4.56. The summed E-state index contributed by atoms with van der Waals surface area (Å²) in [6.07, 6.45) is 0.602. The van der Waals surface area contributed by atoms with E-state index in [0.717, 1.165) is 5.56 Å². The monoisotopic (exact) mass is 405 g/mol. The summed E-state index contributed by atoms with van der Waals surface area (Å²) in [5, 5.41) is 5.56. The van der Waals surface area contributed by atoms with Gasteiger partial charge in [0.05, 0.1) is 31.9 Å². The molecule has 1 atom stereocenters. The van der Waals surface area contributed by atoms with Gasteiger partial charge in [-0.25, -0.2) is 9.59 Å². The molecule has 1 aliphatic heterocycles. The molecule has 2 amide bonds. The van der Waals surface area contributed by atoms with Crippen molar-refractivity contribution in [2.75, 3.05) is 33.9 Å². The highest BCUT2D eigenvalue weighted by molar-refractivity contribution is 5.94. The van der Waals surface area contributed by atoms with E-state index in [0.29, 0.717) is 48.9 Å². The molecule has 1 aromatic carbocycles. The third-order valence-corrected chi connectivity index (χ3v) is 4.56. The van der Waals surface area contributed by atoms with Crippen LogP contribution in [0.2, 0.25) is 0 Å². The van der Waals surface area contributed by atoms with Gasteiger partial charge in [-0.3, -0.25) is 4.90 Å². The van der Waals surface area contributed by atoms with E-state index in [9.17, 15) is 9.59 Å². The molecule has 0 bridgehead atoms. The van der Waals surface area contributed by atoms with Gasteiger partial charge in [-0.05, 0) is 45.0 Å². The second kappa shape index (κ2) is 10.7. The smallest absolute Gasteiger partial charge is 0.337 e. The third kappa shape index (κ3) is 5.87. The maximum absolute atomic E-state index is 12.5. The van der Waals surface area contributed by atoms with Crippen LogP contribution in [0.3, 0.4) is 0 Å². The standard InChI is InChI=1S/C21H31N3O5/c1-6-15-19(20(25)29-8-3)16(23-21(26)22-15)13-24(4)12-14-9-10-17(28-7-2)18(11-14)27-5/h9-11,15H,6-8,12-13H2,1-5H3,(H2,22,23,26)/t15-/m1/s1. The number of ether oxygens (including phenoxy) is 3. The SMILES string of the molecule is CCOC(=O)C1=C(CN(C)Cc2ccc(OCC)c(OC)c2)NC(=O)N[C@@H]1CC. The van der Waals surface area contributed by atoms with Gasteiger partial charge in [0.25, 0.3) is 0 Å². The molecular formula is C21H31N3O5. The number of methoxy groups -OCH3 is 1. The Balaban J connectivity index is 2.20. The number of rotatable bonds is 10. The topological polar surface area (TPSA) is 89.1 Å². The van der Waals surface area contributed by atoms with Crippen LogP contribution in [-0.2, 0) is 16.1 Å². The fraction of sp³-hybridized carbons (Fsp3) is 0.524. The van der Waals surface area contributed by atoms with Gasteiger partial charge in [-0.15, -0.1) is 0 Å². The van der Waals surface area contributed by atoms with Crippen molar-refractivity contribution in [3.8, 4) is 11.5 Å². The Kier molecular flexibility index (Phi) is 8.33. The Morgan fingerprint density at radius 1 is 1.14 bits per heavy atom. The normalized spacial score (nSPS) is 16.3. The van der Waals surface area contributed by atoms with Crippen molar-refractivity contribution in [2.24, 2.45) is 0 Å². The van der Waals surface area contributed by atoms with E-state index in [-0.39, 0.29) is 18.7 Å². The minimum atomic E-state index is -0.405. The number of likely N-dealkylation sites (N-methyl/N-ethyl adjacent to an activating group) is 1. The predicted octanol–water partition coefficient (Wildman–Crippen LogP) is 2.43. The zero-order chi connectivity index (χ0) is 21.4. The summed E-state index contributed by atoms with van der Waals surface area (Å²) in [5.74, 6) is 0.966. The van der Waals surface area contributed by atoms with Crippen molar-refractivity contribution in [1.29, 1.82) is 0 Å². The van der Waals surface area contributed by atoms with Crippen LogP contribution in [0.15, 0.2) is 29.5 Å². The van der Waals surface area contributed by atoms with E-state index < -0.39 is 5.97 Å². The number of carbonyl (C=O) groups excluding carboxylic acids is 2. The highest BCUT2D eigenvalue weighted by Crippen LogP contribution is 2.28. The number of carbonyl (C=O) groups is 2. The molecule has 0 fully saturated rings. The molecule has 1 aromatic rings. The first-order chi connectivity index (χ1) is 13.9. The van der Waals surface area contributed by atoms with E-state index in [1.165, 1.54) is 0 Å². The number of benzene rings is 1. The van der Waals surface area contributed by atoms with Gasteiger partial charge in [0.2, 0.25) is 0 Å². The minimum absolute atomic E-state index is 0.280. The Bertz CT molecular complexity index is 763. The number of nitrogens with zero attached hydrogens (tertiary/aromatic N) is 1. The van der Waals surface area contributed by atoms with E-state index in [4.69, 9.17) is 14.2 Å². The molecule has 160 valence electrons. The number of hydrogen-bond donors (Lipinski definition) is 2. The molecule has 2 N–H and O–H groups in total. The average molecular weight is 405 g/mol. The number of hydrogen-bond acceptors (Lipinski definition) is 6. The second-order valence-corrected chi connectivity index (χ2v) is 6.76. The molecule has 0 aliphatic carbocycles. The van der Waals surface area contributed by atoms with Gasteiger partial charge in [-0.1, -0.05) is 13.0 Å². The Morgan fingerprint density at radius 2 is 1.90 bits per heavy atom. The lowest BCUT2D eigenvalue weighted by Gasteiger charge is -2.30. The maximum atomic E-state index is 12.5. The zero-order valence-electron chi connectivity index (χ0n) is 17.8. The summed E-state index contributed by atoms with van der Waals surface area (Å²) < 4.78 is 16.2. The largest absolute Gasteiger partial charge is 0.493 e. The average Bonchev–Trinajstić information content (AvgIpc) is 2.68. The summed E-state index contributed by atoms with van der Waals surface area (Å²) in [5.41, 5.74) is 2.07. The van der Waals surface area contributed by atoms with Crippen LogP contribution in [0, 0.1) is 0 Å². The molecule has 0 spiro atoms. The molecule has 2 rings (SSSR count). The lowest BCUT2D eigenvalue weighted by atomic mass is 10.00. The number of urea groups is 1. The van der Waals surface area contributed by atoms with Crippen molar-refractivity contribution in [3.63, 3.8) is 0 Å². The van der Waals surface area contributed by atoms with Crippen molar-refractivity contribution >= 4 is 12.0 Å². The molecule has 0 radical (unpaired) electrons. The predicted molar refractivity (Wildman–Crippen MR) is 110 cm³/mol. The first-order valence-electron chi connectivity index (χ1n) is 9.89. The molecule has 1 aliphatic rings. The molecule has 0 saturated carbocycles. The number of esters is 1. The lowest BCUT2D eigenvalue weighted by molar-refractivity contribution is -0.139. The molecule has 29 heavy (non-hydrogen) atoms. The summed E-state index contributed by atoms with van der Waals surface area (Å²) in [6, 6.07) is 5.11. The van der Waals surface area contributed by atoms with Crippen LogP contribution >= 0.6 is 0 Å². The Labute approximate surface area is 172 Å². The molecule has 0 saturated heterocycles. The summed E-state index contributed by atoms with van der Waals surface area (Å²) >= 11 is 0. The van der Waals surface area contributed by atoms with Crippen LogP contribution in [0.5, 0.6) is 11.5 Å². The van der Waals surface area contributed by atoms with Crippen LogP contribution in [-0.4, -0.2) is 56.9 Å². The highest BCUT2D eigenvalue weighted by Gasteiger charge is 2.31. The van der Waals surface area contributed by atoms with E-state index in [1.807, 2.05) is 44.0 Å². The highest BCUT2D eigenvalue weighted by atomic mass is 16.5. The molecule has 0 aromatic heterocycles. The van der Waals surface area contributed by atoms with Crippen LogP contribution in [0.1, 0.15) is 32.8 Å². The van der Waals surface area contributed by atoms with E-state index in [2.05, 4.69) is 10.6 Å². The zero-order valence-corrected chi connectivity index (χ0v) is 17.8. The molecule has 8 nitrogen and oxygen atoms in total. The Morgan fingerprint density at radius 3 is 2.52 bits per heavy atom. The van der Waals surface area contributed by atoms with Crippen molar-refractivity contribution in [3.05, 3.63) is 35.0 Å². The van der Waals surface area contributed by atoms with Crippen LogP contribution < -0.4 is 20.1 Å². The van der Waals surface area contributed by atoms with Crippen molar-refractivity contribution < 1.29 is 23.8 Å². The second-order valence-electron chi connectivity index (χ2n) is 6.76. The van der Waals surface area contributed by atoms with Gasteiger partial charge >= 0.3 is 12.0 Å². The van der Waals surface area contributed by atoms with Gasteiger partial charge in [0.15, 0.2) is 11.5 Å². The van der Waals surface area contributed by atoms with Crippen LogP contribution in [0.25, 0.3) is 0 Å². The van der Waals surface area contributed by atoms with Crippen molar-refractivity contribution in [1.82, 2.24) is 15.5 Å². The first kappa shape index (κ1) is 22.5. The minimum Gasteiger partial charge on any atom is -0.493 e. The summed E-state index contributed by atoms with van der Waals surface area (Å²) in [4.78, 5) is 26.5. The fourth-order valence-corrected chi connectivity index (χ4v) is 3.31. The molecule has 8 heteroatoms. The quantitative estimate of drug-likeness (QED) is 0.581. The van der Waals surface area contributed by atoms with E-state index in [1.54, 1.807) is 14.0 Å². The first-order valence-corrected chi connectivity index (χ1v) is 9.89. The molecule has 0 unspecified atom stereocenters.